The molecular formula is C12H18N2O. The minimum atomic E-state index is 0.374. The van der Waals surface area contributed by atoms with Crippen LogP contribution in [0, 0.1) is 6.92 Å². The maximum absolute atomic E-state index is 5.52. The van der Waals surface area contributed by atoms with Crippen LogP contribution in [-0.2, 0) is 4.74 Å². The number of hydrogen-bond donors (Lipinski definition) is 1. The van der Waals surface area contributed by atoms with Gasteiger partial charge in [0.05, 0.1) is 6.10 Å². The maximum atomic E-state index is 5.52. The Kier molecular flexibility index (Phi) is 3.21. The van der Waals surface area contributed by atoms with E-state index in [1.165, 1.54) is 5.69 Å². The lowest BCUT2D eigenvalue weighted by atomic mass is 10.0. The van der Waals surface area contributed by atoms with Crippen molar-refractivity contribution in [1.82, 2.24) is 4.98 Å². The van der Waals surface area contributed by atoms with Gasteiger partial charge in [-0.1, -0.05) is 0 Å². The van der Waals surface area contributed by atoms with Gasteiger partial charge in [0.15, 0.2) is 0 Å². The van der Waals surface area contributed by atoms with E-state index in [-0.39, 0.29) is 0 Å². The topological polar surface area (TPSA) is 34.1 Å². The molecule has 1 aliphatic rings. The largest absolute Gasteiger partial charge is 0.382 e. The Morgan fingerprint density at radius 2 is 2.40 bits per heavy atom. The zero-order valence-electron chi connectivity index (χ0n) is 9.36. The third-order valence-electron chi connectivity index (χ3n) is 2.75. The summed E-state index contributed by atoms with van der Waals surface area (Å²) < 4.78 is 5.52. The van der Waals surface area contributed by atoms with Gasteiger partial charge in [-0.2, -0.15) is 0 Å². The molecule has 1 saturated heterocycles. The van der Waals surface area contributed by atoms with E-state index in [1.54, 1.807) is 0 Å². The first-order valence-electron chi connectivity index (χ1n) is 5.55. The Hall–Kier alpha value is -1.09. The predicted octanol–water partition coefficient (Wildman–Crippen LogP) is 2.37. The molecule has 3 heteroatoms. The lowest BCUT2D eigenvalue weighted by Gasteiger charge is -2.28. The van der Waals surface area contributed by atoms with E-state index in [0.29, 0.717) is 12.1 Å². The lowest BCUT2D eigenvalue weighted by molar-refractivity contribution is 0.0232. The average Bonchev–Trinajstić information content (AvgIpc) is 2.17. The monoisotopic (exact) mass is 206 g/mol. The lowest BCUT2D eigenvalue weighted by Crippen LogP contribution is -2.32. The van der Waals surface area contributed by atoms with Gasteiger partial charge in [-0.15, -0.1) is 0 Å². The van der Waals surface area contributed by atoms with E-state index in [1.807, 2.05) is 19.2 Å². The van der Waals surface area contributed by atoms with Crippen LogP contribution in [0.15, 0.2) is 18.3 Å². The molecule has 0 amide bonds. The number of nitrogens with one attached hydrogen (secondary N) is 1. The third-order valence-corrected chi connectivity index (χ3v) is 2.75. The van der Waals surface area contributed by atoms with Crippen LogP contribution in [0.2, 0.25) is 0 Å². The van der Waals surface area contributed by atoms with Crippen molar-refractivity contribution in [2.75, 3.05) is 11.9 Å². The number of aromatic nitrogens is 1. The van der Waals surface area contributed by atoms with E-state index in [0.717, 1.165) is 25.1 Å². The van der Waals surface area contributed by atoms with Gasteiger partial charge in [0.25, 0.3) is 0 Å². The van der Waals surface area contributed by atoms with Crippen molar-refractivity contribution in [3.63, 3.8) is 0 Å². The van der Waals surface area contributed by atoms with Gasteiger partial charge >= 0.3 is 0 Å². The number of rotatable bonds is 2. The zero-order valence-corrected chi connectivity index (χ0v) is 9.36. The number of anilines is 1. The van der Waals surface area contributed by atoms with Crippen molar-refractivity contribution in [2.24, 2.45) is 0 Å². The smallest absolute Gasteiger partial charge is 0.0566 e. The SMILES string of the molecule is Cc1cc(NC2CCOC(C)C2)ccn1. The third kappa shape index (κ3) is 2.93. The molecule has 1 aliphatic heterocycles. The first-order chi connectivity index (χ1) is 7.24. The highest BCUT2D eigenvalue weighted by Gasteiger charge is 2.18. The summed E-state index contributed by atoms with van der Waals surface area (Å²) in [6, 6.07) is 4.64. The normalized spacial score (nSPS) is 26.3. The molecule has 2 rings (SSSR count). The Balaban J connectivity index is 1.96. The Morgan fingerprint density at radius 3 is 3.13 bits per heavy atom. The van der Waals surface area contributed by atoms with Gasteiger partial charge < -0.3 is 10.1 Å². The van der Waals surface area contributed by atoms with Gasteiger partial charge in [-0.3, -0.25) is 4.98 Å². The van der Waals surface area contributed by atoms with Gasteiger partial charge in [0, 0.05) is 30.2 Å². The molecule has 3 nitrogen and oxygen atoms in total. The summed E-state index contributed by atoms with van der Waals surface area (Å²) in [5.74, 6) is 0. The van der Waals surface area contributed by atoms with Gasteiger partial charge in [0.2, 0.25) is 0 Å². The number of ether oxygens (including phenoxy) is 1. The Labute approximate surface area is 90.9 Å². The summed E-state index contributed by atoms with van der Waals surface area (Å²) in [6.07, 6.45) is 4.40. The average molecular weight is 206 g/mol. The van der Waals surface area contributed by atoms with Crippen LogP contribution in [0.25, 0.3) is 0 Å². The van der Waals surface area contributed by atoms with Crippen molar-refractivity contribution >= 4 is 5.69 Å². The minimum absolute atomic E-state index is 0.374. The predicted molar refractivity (Wildman–Crippen MR) is 61.0 cm³/mol. The van der Waals surface area contributed by atoms with Crippen LogP contribution < -0.4 is 5.32 Å². The molecule has 15 heavy (non-hydrogen) atoms. The number of aryl methyl sites for hydroxylation is 1. The standard InChI is InChI=1S/C12H18N2O/c1-9-7-11(3-5-13-9)14-12-4-6-15-10(2)8-12/h3,5,7,10,12H,4,6,8H2,1-2H3,(H,13,14). The van der Waals surface area contributed by atoms with Crippen LogP contribution in [-0.4, -0.2) is 23.7 Å². The number of hydrogen-bond acceptors (Lipinski definition) is 3. The van der Waals surface area contributed by atoms with Crippen molar-refractivity contribution in [3.05, 3.63) is 24.0 Å². The summed E-state index contributed by atoms with van der Waals surface area (Å²) in [7, 11) is 0. The maximum Gasteiger partial charge on any atom is 0.0566 e. The Bertz CT molecular complexity index is 327. The van der Waals surface area contributed by atoms with E-state index >= 15 is 0 Å². The zero-order chi connectivity index (χ0) is 10.7. The summed E-state index contributed by atoms with van der Waals surface area (Å²) in [5, 5.41) is 3.53. The first-order valence-corrected chi connectivity index (χ1v) is 5.55. The molecule has 0 radical (unpaired) electrons. The van der Waals surface area contributed by atoms with E-state index in [2.05, 4.69) is 23.3 Å². The molecule has 2 unspecified atom stereocenters. The van der Waals surface area contributed by atoms with Crippen LogP contribution in [0.5, 0.6) is 0 Å². The van der Waals surface area contributed by atoms with Crippen LogP contribution in [0.3, 0.4) is 0 Å². The minimum Gasteiger partial charge on any atom is -0.382 e. The highest BCUT2D eigenvalue weighted by Crippen LogP contribution is 2.18. The van der Waals surface area contributed by atoms with Gasteiger partial charge in [0.1, 0.15) is 0 Å². The fourth-order valence-corrected chi connectivity index (χ4v) is 2.00. The second kappa shape index (κ2) is 4.62. The molecule has 0 aliphatic carbocycles. The van der Waals surface area contributed by atoms with Crippen molar-refractivity contribution < 1.29 is 4.74 Å². The van der Waals surface area contributed by atoms with Gasteiger partial charge in [-0.25, -0.2) is 0 Å². The summed E-state index contributed by atoms with van der Waals surface area (Å²) >= 11 is 0. The van der Waals surface area contributed by atoms with Crippen LogP contribution in [0.4, 0.5) is 5.69 Å². The first kappa shape index (κ1) is 10.4. The molecule has 0 bridgehead atoms. The van der Waals surface area contributed by atoms with Crippen LogP contribution >= 0.6 is 0 Å². The summed E-state index contributed by atoms with van der Waals surface area (Å²) in [5.41, 5.74) is 2.22. The fraction of sp³-hybridized carbons (Fsp3) is 0.583. The highest BCUT2D eigenvalue weighted by molar-refractivity contribution is 5.43. The molecule has 82 valence electrons. The van der Waals surface area contributed by atoms with Crippen LogP contribution in [0.1, 0.15) is 25.5 Å². The van der Waals surface area contributed by atoms with Crippen molar-refractivity contribution in [2.45, 2.75) is 38.8 Å². The summed E-state index contributed by atoms with van der Waals surface area (Å²) in [6.45, 7) is 5.01. The highest BCUT2D eigenvalue weighted by atomic mass is 16.5. The van der Waals surface area contributed by atoms with Crippen molar-refractivity contribution in [1.29, 1.82) is 0 Å². The molecule has 0 spiro atoms. The molecule has 2 heterocycles. The molecular weight excluding hydrogens is 188 g/mol. The quantitative estimate of drug-likeness (QED) is 0.806. The van der Waals surface area contributed by atoms with Crippen molar-refractivity contribution in [3.8, 4) is 0 Å². The molecule has 0 aromatic carbocycles. The molecule has 1 fully saturated rings. The second-order valence-corrected chi connectivity index (χ2v) is 4.23. The van der Waals surface area contributed by atoms with E-state index in [9.17, 15) is 0 Å². The molecule has 0 saturated carbocycles. The van der Waals surface area contributed by atoms with Gasteiger partial charge in [-0.05, 0) is 38.8 Å². The number of pyridine rings is 1. The fourth-order valence-electron chi connectivity index (χ4n) is 2.00. The number of nitrogens with zero attached hydrogens (tertiary/aromatic N) is 1. The molecule has 1 aromatic rings. The molecule has 2 atom stereocenters. The van der Waals surface area contributed by atoms with E-state index < -0.39 is 0 Å². The summed E-state index contributed by atoms with van der Waals surface area (Å²) in [4.78, 5) is 4.18. The van der Waals surface area contributed by atoms with E-state index in [4.69, 9.17) is 4.74 Å². The Morgan fingerprint density at radius 1 is 1.53 bits per heavy atom. The second-order valence-electron chi connectivity index (χ2n) is 4.23. The molecule has 1 aromatic heterocycles. The molecule has 1 N–H and O–H groups in total.